The Morgan fingerprint density at radius 3 is 1.09 bits per heavy atom. The van der Waals surface area contributed by atoms with Gasteiger partial charge in [0.25, 0.3) is 0 Å². The molecule has 58 heavy (non-hydrogen) atoms. The van der Waals surface area contributed by atoms with E-state index in [1.165, 1.54) is 11.1 Å². The van der Waals surface area contributed by atoms with Crippen molar-refractivity contribution in [2.45, 2.75) is 0 Å². The van der Waals surface area contributed by atoms with Crippen LogP contribution < -0.4 is 0 Å². The Labute approximate surface area is 330 Å². The van der Waals surface area contributed by atoms with Crippen molar-refractivity contribution in [1.82, 2.24) is 0 Å². The Kier molecular flexibility index (Phi) is 6.41. The molecule has 0 saturated heterocycles. The topological polar surface area (TPSA) is 52.6 Å². The van der Waals surface area contributed by atoms with Crippen molar-refractivity contribution >= 4 is 87.8 Å². The van der Waals surface area contributed by atoms with E-state index in [1.54, 1.807) is 0 Å². The van der Waals surface area contributed by atoms with Crippen LogP contribution in [-0.4, -0.2) is 0 Å². The van der Waals surface area contributed by atoms with Crippen LogP contribution in [0.15, 0.2) is 200 Å². The molecule has 0 unspecified atom stereocenters. The average molecular weight is 743 g/mol. The van der Waals surface area contributed by atoms with E-state index < -0.39 is 0 Å². The minimum absolute atomic E-state index is 0.820. The molecule has 4 nitrogen and oxygen atoms in total. The van der Waals surface area contributed by atoms with Crippen LogP contribution in [-0.2, 0) is 0 Å². The van der Waals surface area contributed by atoms with E-state index in [9.17, 15) is 0 Å². The normalized spacial score (nSPS) is 12.1. The average Bonchev–Trinajstić information content (AvgIpc) is 4.05. The maximum atomic E-state index is 6.63. The SMILES string of the molecule is c1ccc(-c2ccc3oc4ccc5c6cc(-c7cccc(-c8ccc9oc%10ccc%11oc%12ccc(-c%13ccccc%13)cc%12c%11c%10c9c8)c7)ccc6oc5c4c3c2)cc1. The van der Waals surface area contributed by atoms with Crippen molar-refractivity contribution in [2.24, 2.45) is 0 Å². The van der Waals surface area contributed by atoms with Crippen LogP contribution in [0, 0.1) is 0 Å². The summed E-state index contributed by atoms with van der Waals surface area (Å²) in [6, 6.07) is 63.8. The Balaban J connectivity index is 0.926. The van der Waals surface area contributed by atoms with E-state index in [-0.39, 0.29) is 0 Å². The third-order valence-corrected chi connectivity index (χ3v) is 11.9. The van der Waals surface area contributed by atoms with Crippen molar-refractivity contribution < 1.29 is 17.7 Å². The molecule has 4 heterocycles. The molecule has 4 heteroatoms. The number of furan rings is 4. The first-order chi connectivity index (χ1) is 28.7. The van der Waals surface area contributed by atoms with Crippen LogP contribution in [0.3, 0.4) is 0 Å². The van der Waals surface area contributed by atoms with E-state index in [1.807, 2.05) is 24.3 Å². The monoisotopic (exact) mass is 742 g/mol. The van der Waals surface area contributed by atoms with Gasteiger partial charge in [-0.3, -0.25) is 0 Å². The summed E-state index contributed by atoms with van der Waals surface area (Å²) in [6.45, 7) is 0. The molecule has 0 bridgehead atoms. The van der Waals surface area contributed by atoms with Gasteiger partial charge in [-0.05, 0) is 123 Å². The standard InChI is InChI=1S/C54H30O4/c1-3-8-31(9-4-1)35-14-20-45-41(28-35)51-48(55-45)24-25-49-52(51)42-30-38(17-22-46(42)56-49)34-13-7-12-33(26-34)37-16-19-44-40(27-37)39-18-23-50-53(54(39)58-44)43-29-36(15-21-47(43)57-50)32-10-5-2-6-11-32/h1-30H. The molecule has 0 fully saturated rings. The molecule has 0 aliphatic rings. The molecular weight excluding hydrogens is 713 g/mol. The summed E-state index contributed by atoms with van der Waals surface area (Å²) in [5, 5.41) is 8.50. The molecular formula is C54H30O4. The summed E-state index contributed by atoms with van der Waals surface area (Å²) < 4.78 is 25.8. The highest BCUT2D eigenvalue weighted by atomic mass is 16.3. The van der Waals surface area contributed by atoms with Crippen molar-refractivity contribution in [1.29, 1.82) is 0 Å². The van der Waals surface area contributed by atoms with Gasteiger partial charge in [0, 0.05) is 37.7 Å². The van der Waals surface area contributed by atoms with Crippen molar-refractivity contribution in [2.75, 3.05) is 0 Å². The second-order valence-electron chi connectivity index (χ2n) is 15.2. The van der Waals surface area contributed by atoms with E-state index in [2.05, 4.69) is 158 Å². The molecule has 0 aliphatic carbocycles. The molecule has 9 aromatic carbocycles. The predicted octanol–water partition coefficient (Wildman–Crippen LogP) is 16.0. The highest BCUT2D eigenvalue weighted by molar-refractivity contribution is 6.26. The Morgan fingerprint density at radius 1 is 0.207 bits per heavy atom. The van der Waals surface area contributed by atoms with Gasteiger partial charge in [-0.2, -0.15) is 0 Å². The van der Waals surface area contributed by atoms with Crippen molar-refractivity contribution in [3.8, 4) is 44.5 Å². The van der Waals surface area contributed by atoms with E-state index in [4.69, 9.17) is 17.7 Å². The van der Waals surface area contributed by atoms with Crippen LogP contribution in [0.25, 0.3) is 132 Å². The Bertz CT molecular complexity index is 3780. The van der Waals surface area contributed by atoms with Gasteiger partial charge >= 0.3 is 0 Å². The van der Waals surface area contributed by atoms with Gasteiger partial charge in [0.2, 0.25) is 0 Å². The van der Waals surface area contributed by atoms with Gasteiger partial charge in [0.05, 0.1) is 5.39 Å². The molecule has 13 aromatic rings. The fourth-order valence-electron chi connectivity index (χ4n) is 9.09. The van der Waals surface area contributed by atoms with Crippen LogP contribution in [0.5, 0.6) is 0 Å². The zero-order chi connectivity index (χ0) is 37.9. The van der Waals surface area contributed by atoms with Crippen molar-refractivity contribution in [3.05, 3.63) is 182 Å². The van der Waals surface area contributed by atoms with Gasteiger partial charge in [-0.15, -0.1) is 0 Å². The number of hydrogen-bond donors (Lipinski definition) is 0. The van der Waals surface area contributed by atoms with Gasteiger partial charge < -0.3 is 17.7 Å². The van der Waals surface area contributed by atoms with Gasteiger partial charge in [-0.25, -0.2) is 0 Å². The third kappa shape index (κ3) is 4.63. The largest absolute Gasteiger partial charge is 0.456 e. The van der Waals surface area contributed by atoms with Gasteiger partial charge in [0.15, 0.2) is 0 Å². The Morgan fingerprint density at radius 2 is 0.569 bits per heavy atom. The van der Waals surface area contributed by atoms with Crippen LogP contribution >= 0.6 is 0 Å². The van der Waals surface area contributed by atoms with Gasteiger partial charge in [-0.1, -0.05) is 103 Å². The second kappa shape index (κ2) is 11.8. The first-order valence-electron chi connectivity index (χ1n) is 19.5. The maximum absolute atomic E-state index is 6.63. The predicted molar refractivity (Wildman–Crippen MR) is 237 cm³/mol. The first-order valence-corrected chi connectivity index (χ1v) is 19.5. The molecule has 270 valence electrons. The molecule has 4 aromatic heterocycles. The lowest BCUT2D eigenvalue weighted by atomic mass is 9.96. The summed E-state index contributed by atoms with van der Waals surface area (Å²) in [5.74, 6) is 0. The zero-order valence-corrected chi connectivity index (χ0v) is 31.0. The molecule has 13 rings (SSSR count). The van der Waals surface area contributed by atoms with Gasteiger partial charge in [0.1, 0.15) is 44.7 Å². The third-order valence-electron chi connectivity index (χ3n) is 11.9. The summed E-state index contributed by atoms with van der Waals surface area (Å²) in [4.78, 5) is 0. The quantitative estimate of drug-likeness (QED) is 0.180. The zero-order valence-electron chi connectivity index (χ0n) is 31.0. The molecule has 0 amide bonds. The van der Waals surface area contributed by atoms with Crippen molar-refractivity contribution in [3.63, 3.8) is 0 Å². The Hall–Kier alpha value is -7.82. The lowest BCUT2D eigenvalue weighted by Crippen LogP contribution is -1.82. The number of hydrogen-bond acceptors (Lipinski definition) is 4. The van der Waals surface area contributed by atoms with Crippen LogP contribution in [0.2, 0.25) is 0 Å². The number of benzene rings is 9. The highest BCUT2D eigenvalue weighted by Crippen LogP contribution is 2.44. The minimum atomic E-state index is 0.820. The second-order valence-corrected chi connectivity index (χ2v) is 15.2. The molecule has 0 spiro atoms. The lowest BCUT2D eigenvalue weighted by molar-refractivity contribution is 0.663. The summed E-state index contributed by atoms with van der Waals surface area (Å²) >= 11 is 0. The minimum Gasteiger partial charge on any atom is -0.456 e. The maximum Gasteiger partial charge on any atom is 0.147 e. The molecule has 0 atom stereocenters. The van der Waals surface area contributed by atoms with Crippen LogP contribution in [0.4, 0.5) is 0 Å². The molecule has 0 radical (unpaired) electrons. The first kappa shape index (κ1) is 31.4. The molecule has 0 saturated carbocycles. The summed E-state index contributed by atoms with van der Waals surface area (Å²) in [7, 11) is 0. The van der Waals surface area contributed by atoms with E-state index in [0.717, 1.165) is 121 Å². The van der Waals surface area contributed by atoms with Crippen LogP contribution in [0.1, 0.15) is 0 Å². The summed E-state index contributed by atoms with van der Waals surface area (Å²) in [5.41, 5.74) is 15.9. The molecule has 0 N–H and O–H groups in total. The molecule has 0 aliphatic heterocycles. The smallest absolute Gasteiger partial charge is 0.147 e. The fraction of sp³-hybridized carbons (Fsp3) is 0. The summed E-state index contributed by atoms with van der Waals surface area (Å²) in [6.07, 6.45) is 0. The van der Waals surface area contributed by atoms with E-state index in [0.29, 0.717) is 0 Å². The highest BCUT2D eigenvalue weighted by Gasteiger charge is 2.20. The number of fused-ring (bicyclic) bond motifs is 14. The fourth-order valence-corrected chi connectivity index (χ4v) is 9.09. The van der Waals surface area contributed by atoms with E-state index >= 15 is 0 Å². The lowest BCUT2D eigenvalue weighted by Gasteiger charge is -2.07. The number of rotatable bonds is 4.